The van der Waals surface area contributed by atoms with Crippen LogP contribution in [0.5, 0.6) is 0 Å². The number of hydrogen-bond acceptors (Lipinski definition) is 4. The molecule has 1 aromatic rings. The molecule has 0 saturated heterocycles. The molecule has 0 saturated carbocycles. The summed E-state index contributed by atoms with van der Waals surface area (Å²) < 4.78 is 1.53. The van der Waals surface area contributed by atoms with Gasteiger partial charge in [-0.1, -0.05) is 26.0 Å². The number of aromatic nitrogens is 3. The van der Waals surface area contributed by atoms with Crippen LogP contribution in [0.4, 0.5) is 0 Å². The first-order valence-corrected chi connectivity index (χ1v) is 5.92. The first kappa shape index (κ1) is 13.5. The van der Waals surface area contributed by atoms with Crippen LogP contribution in [0.3, 0.4) is 0 Å². The van der Waals surface area contributed by atoms with Gasteiger partial charge in [-0.15, -0.1) is 5.10 Å². The molecule has 0 bridgehead atoms. The molecule has 0 radical (unpaired) electrons. The second-order valence-electron chi connectivity index (χ2n) is 4.62. The fraction of sp³-hybridized carbons (Fsp3) is 0.667. The van der Waals surface area contributed by atoms with Crippen LogP contribution in [0, 0.1) is 5.92 Å². The van der Waals surface area contributed by atoms with Crippen LogP contribution in [-0.2, 0) is 0 Å². The number of rotatable bonds is 5. The van der Waals surface area contributed by atoms with Crippen molar-refractivity contribution in [2.24, 2.45) is 5.92 Å². The molecule has 0 unspecified atom stereocenters. The Hall–Kier alpha value is -1.52. The highest BCUT2D eigenvalue weighted by Gasteiger charge is 2.26. The van der Waals surface area contributed by atoms with E-state index in [1.54, 1.807) is 20.8 Å². The Kier molecular flexibility index (Phi) is 4.15. The van der Waals surface area contributed by atoms with E-state index in [0.29, 0.717) is 12.1 Å². The molecule has 0 fully saturated rings. The Morgan fingerprint density at radius 3 is 2.24 bits per heavy atom. The molecule has 1 rings (SSSR count). The molecular formula is C12H19N3O2. The lowest BCUT2D eigenvalue weighted by Crippen LogP contribution is -2.19. The van der Waals surface area contributed by atoms with E-state index in [0.717, 1.165) is 0 Å². The molecule has 5 heteroatoms. The fourth-order valence-electron chi connectivity index (χ4n) is 1.51. The maximum absolute atomic E-state index is 12.1. The standard InChI is InChI=1S/C12H19N3O2/c1-6-9(16)10-11(12(17)7(2)3)15(8(4)5)14-13-10/h7-8H,6H2,1-5H3. The highest BCUT2D eigenvalue weighted by molar-refractivity contribution is 6.07. The molecule has 5 nitrogen and oxygen atoms in total. The van der Waals surface area contributed by atoms with Crippen LogP contribution in [0.25, 0.3) is 0 Å². The zero-order valence-corrected chi connectivity index (χ0v) is 11.0. The van der Waals surface area contributed by atoms with Crippen LogP contribution in [0.15, 0.2) is 0 Å². The van der Waals surface area contributed by atoms with Gasteiger partial charge in [0, 0.05) is 18.4 Å². The summed E-state index contributed by atoms with van der Waals surface area (Å²) in [4.78, 5) is 23.8. The zero-order valence-electron chi connectivity index (χ0n) is 11.0. The predicted molar refractivity (Wildman–Crippen MR) is 64.2 cm³/mol. The molecule has 0 aromatic carbocycles. The molecule has 17 heavy (non-hydrogen) atoms. The Bertz CT molecular complexity index is 433. The highest BCUT2D eigenvalue weighted by Crippen LogP contribution is 2.17. The first-order chi connectivity index (χ1) is 7.90. The lowest BCUT2D eigenvalue weighted by Gasteiger charge is -2.11. The van der Waals surface area contributed by atoms with Gasteiger partial charge in [0.15, 0.2) is 17.3 Å². The van der Waals surface area contributed by atoms with Crippen molar-refractivity contribution >= 4 is 11.6 Å². The van der Waals surface area contributed by atoms with Gasteiger partial charge < -0.3 is 0 Å². The molecule has 1 heterocycles. The third-order valence-corrected chi connectivity index (χ3v) is 2.53. The van der Waals surface area contributed by atoms with E-state index < -0.39 is 0 Å². The van der Waals surface area contributed by atoms with Gasteiger partial charge in [0.05, 0.1) is 0 Å². The van der Waals surface area contributed by atoms with Crippen molar-refractivity contribution < 1.29 is 9.59 Å². The van der Waals surface area contributed by atoms with Gasteiger partial charge in [-0.2, -0.15) is 0 Å². The Labute approximate surface area is 101 Å². The molecule has 94 valence electrons. The number of carbonyl (C=O) groups is 2. The Morgan fingerprint density at radius 1 is 1.24 bits per heavy atom. The fourth-order valence-corrected chi connectivity index (χ4v) is 1.51. The van der Waals surface area contributed by atoms with Gasteiger partial charge in [0.1, 0.15) is 5.69 Å². The van der Waals surface area contributed by atoms with Crippen molar-refractivity contribution in [2.75, 3.05) is 0 Å². The molecule has 0 aliphatic heterocycles. The minimum absolute atomic E-state index is 0.0126. The molecule has 0 aliphatic rings. The minimum atomic E-state index is -0.172. The number of carbonyl (C=O) groups excluding carboxylic acids is 2. The Morgan fingerprint density at radius 2 is 1.82 bits per heavy atom. The molecule has 0 aliphatic carbocycles. The highest BCUT2D eigenvalue weighted by atomic mass is 16.1. The van der Waals surface area contributed by atoms with Crippen molar-refractivity contribution in [3.8, 4) is 0 Å². The second kappa shape index (κ2) is 5.21. The summed E-state index contributed by atoms with van der Waals surface area (Å²) in [5.74, 6) is -0.393. The van der Waals surface area contributed by atoms with Crippen LogP contribution < -0.4 is 0 Å². The van der Waals surface area contributed by atoms with E-state index in [9.17, 15) is 9.59 Å². The smallest absolute Gasteiger partial charge is 0.185 e. The predicted octanol–water partition coefficient (Wildman–Crippen LogP) is 2.29. The summed E-state index contributed by atoms with van der Waals surface area (Å²) in [6.45, 7) is 9.18. The Balaban J connectivity index is 3.34. The molecule has 0 N–H and O–H groups in total. The summed E-state index contributed by atoms with van der Waals surface area (Å²) in [6, 6.07) is 0.0126. The quantitative estimate of drug-likeness (QED) is 0.737. The van der Waals surface area contributed by atoms with E-state index in [-0.39, 0.29) is 29.2 Å². The maximum atomic E-state index is 12.1. The van der Waals surface area contributed by atoms with Crippen LogP contribution in [-0.4, -0.2) is 26.6 Å². The third kappa shape index (κ3) is 2.60. The monoisotopic (exact) mass is 237 g/mol. The van der Waals surface area contributed by atoms with E-state index in [1.807, 2.05) is 13.8 Å². The molecule has 1 aromatic heterocycles. The van der Waals surface area contributed by atoms with Crippen molar-refractivity contribution in [3.05, 3.63) is 11.4 Å². The topological polar surface area (TPSA) is 64.8 Å². The maximum Gasteiger partial charge on any atom is 0.185 e. The largest absolute Gasteiger partial charge is 0.292 e. The lowest BCUT2D eigenvalue weighted by atomic mass is 10.0. The summed E-state index contributed by atoms with van der Waals surface area (Å²) in [6.07, 6.45) is 0.329. The van der Waals surface area contributed by atoms with Gasteiger partial charge in [-0.05, 0) is 13.8 Å². The normalized spacial score (nSPS) is 11.2. The number of nitrogens with zero attached hydrogens (tertiary/aromatic N) is 3. The van der Waals surface area contributed by atoms with E-state index in [4.69, 9.17) is 0 Å². The van der Waals surface area contributed by atoms with Crippen LogP contribution in [0.1, 0.15) is 68.1 Å². The molecule has 0 atom stereocenters. The first-order valence-electron chi connectivity index (χ1n) is 5.92. The summed E-state index contributed by atoms with van der Waals surface area (Å²) in [5, 5.41) is 7.77. The van der Waals surface area contributed by atoms with Gasteiger partial charge in [0.25, 0.3) is 0 Å². The van der Waals surface area contributed by atoms with E-state index in [2.05, 4.69) is 10.3 Å². The molecule has 0 amide bonds. The van der Waals surface area contributed by atoms with Crippen molar-refractivity contribution in [3.63, 3.8) is 0 Å². The number of Topliss-reactive ketones (excluding diaryl/α,β-unsaturated/α-hetero) is 2. The third-order valence-electron chi connectivity index (χ3n) is 2.53. The molecule has 0 spiro atoms. The van der Waals surface area contributed by atoms with Crippen molar-refractivity contribution in [1.29, 1.82) is 0 Å². The van der Waals surface area contributed by atoms with E-state index >= 15 is 0 Å². The van der Waals surface area contributed by atoms with Gasteiger partial charge in [-0.25, -0.2) is 4.68 Å². The summed E-state index contributed by atoms with van der Waals surface area (Å²) in [5.41, 5.74) is 0.557. The van der Waals surface area contributed by atoms with Crippen LogP contribution >= 0.6 is 0 Å². The number of hydrogen-bond donors (Lipinski definition) is 0. The average Bonchev–Trinajstić information content (AvgIpc) is 2.70. The average molecular weight is 237 g/mol. The van der Waals surface area contributed by atoms with Gasteiger partial charge >= 0.3 is 0 Å². The van der Waals surface area contributed by atoms with Crippen molar-refractivity contribution in [1.82, 2.24) is 15.0 Å². The minimum Gasteiger partial charge on any atom is -0.292 e. The second-order valence-corrected chi connectivity index (χ2v) is 4.62. The summed E-state index contributed by atoms with van der Waals surface area (Å²) in [7, 11) is 0. The SMILES string of the molecule is CCC(=O)c1nnn(C(C)C)c1C(=O)C(C)C. The van der Waals surface area contributed by atoms with Crippen LogP contribution in [0.2, 0.25) is 0 Å². The lowest BCUT2D eigenvalue weighted by molar-refractivity contribution is 0.0910. The van der Waals surface area contributed by atoms with Gasteiger partial charge in [-0.3, -0.25) is 9.59 Å². The van der Waals surface area contributed by atoms with Gasteiger partial charge in [0.2, 0.25) is 0 Å². The zero-order chi connectivity index (χ0) is 13.2. The van der Waals surface area contributed by atoms with E-state index in [1.165, 1.54) is 4.68 Å². The molecular weight excluding hydrogens is 218 g/mol. The number of ketones is 2. The van der Waals surface area contributed by atoms with Crippen molar-refractivity contribution in [2.45, 2.75) is 47.1 Å². The summed E-state index contributed by atoms with van der Waals surface area (Å²) >= 11 is 0.